The first-order chi connectivity index (χ1) is 11.3. The Labute approximate surface area is 146 Å². The summed E-state index contributed by atoms with van der Waals surface area (Å²) in [6.07, 6.45) is -3.18. The third-order valence-corrected chi connectivity index (χ3v) is 3.44. The van der Waals surface area contributed by atoms with Crippen LogP contribution in [0, 0.1) is 17.3 Å². The highest BCUT2D eigenvalue weighted by atomic mass is 19.3. The van der Waals surface area contributed by atoms with Crippen molar-refractivity contribution in [2.24, 2.45) is 5.41 Å². The molecular weight excluding hydrogens is 328 g/mol. The van der Waals surface area contributed by atoms with Crippen LogP contribution in [0.3, 0.4) is 0 Å². The minimum atomic E-state index is -3.18. The first-order valence-electron chi connectivity index (χ1n) is 7.79. The van der Waals surface area contributed by atoms with Gasteiger partial charge < -0.3 is 10.4 Å². The van der Waals surface area contributed by atoms with Crippen molar-refractivity contribution in [3.63, 3.8) is 0 Å². The molecule has 136 valence electrons. The van der Waals surface area contributed by atoms with Gasteiger partial charge in [0.05, 0.1) is 0 Å². The maximum Gasteiger partial charge on any atom is 0.269 e. The molecule has 0 spiro atoms. The van der Waals surface area contributed by atoms with Crippen molar-refractivity contribution in [3.8, 4) is 11.8 Å². The van der Waals surface area contributed by atoms with Gasteiger partial charge in [0.1, 0.15) is 11.6 Å². The van der Waals surface area contributed by atoms with Gasteiger partial charge in [-0.3, -0.25) is 9.59 Å². The van der Waals surface area contributed by atoms with E-state index in [0.29, 0.717) is 5.56 Å². The van der Waals surface area contributed by atoms with Crippen LogP contribution in [0.1, 0.15) is 50.5 Å². The molecule has 2 N–H and O–H groups in total. The predicted octanol–water partition coefficient (Wildman–Crippen LogP) is 2.79. The molecule has 1 aromatic carbocycles. The zero-order chi connectivity index (χ0) is 19.4. The fourth-order valence-electron chi connectivity index (χ4n) is 1.96. The summed E-state index contributed by atoms with van der Waals surface area (Å²) in [5.74, 6) is 4.55. The highest BCUT2D eigenvalue weighted by Crippen LogP contribution is 2.21. The Kier molecular flexibility index (Phi) is 6.44. The molecule has 0 aliphatic heterocycles. The normalized spacial score (nSPS) is 14.9. The van der Waals surface area contributed by atoms with Crippen LogP contribution in [0.25, 0.3) is 0 Å². The van der Waals surface area contributed by atoms with Crippen molar-refractivity contribution >= 4 is 11.7 Å². The molecule has 25 heavy (non-hydrogen) atoms. The van der Waals surface area contributed by atoms with Gasteiger partial charge in [-0.05, 0) is 58.9 Å². The van der Waals surface area contributed by atoms with Gasteiger partial charge in [-0.1, -0.05) is 11.8 Å². The number of ketones is 1. The Hall–Kier alpha value is -2.26. The van der Waals surface area contributed by atoms with E-state index in [9.17, 15) is 23.5 Å². The average molecular weight is 351 g/mol. The minimum absolute atomic E-state index is 0.161. The Morgan fingerprint density at radius 2 is 1.64 bits per heavy atom. The lowest BCUT2D eigenvalue weighted by molar-refractivity contribution is -0.138. The topological polar surface area (TPSA) is 66.4 Å². The van der Waals surface area contributed by atoms with Gasteiger partial charge in [0.2, 0.25) is 0 Å². The smallest absolute Gasteiger partial charge is 0.269 e. The van der Waals surface area contributed by atoms with E-state index in [1.54, 1.807) is 12.1 Å². The van der Waals surface area contributed by atoms with Crippen molar-refractivity contribution in [3.05, 3.63) is 35.4 Å². The molecule has 0 aliphatic rings. The summed E-state index contributed by atoms with van der Waals surface area (Å²) in [4.78, 5) is 23.8. The molecule has 0 aromatic heterocycles. The van der Waals surface area contributed by atoms with Crippen molar-refractivity contribution in [1.82, 2.24) is 5.32 Å². The van der Waals surface area contributed by atoms with Crippen molar-refractivity contribution in [1.29, 1.82) is 0 Å². The number of amides is 1. The van der Waals surface area contributed by atoms with Crippen molar-refractivity contribution in [2.45, 2.75) is 52.7 Å². The molecule has 1 amide bonds. The molecule has 1 rings (SSSR count). The van der Waals surface area contributed by atoms with Gasteiger partial charge in [0.25, 0.3) is 12.3 Å². The van der Waals surface area contributed by atoms with Crippen LogP contribution >= 0.6 is 0 Å². The number of carbonyl (C=O) groups is 2. The Morgan fingerprint density at radius 3 is 2.04 bits per heavy atom. The number of Topliss-reactive ketones (excluding diaryl/α,β-unsaturated/α-hetero) is 1. The van der Waals surface area contributed by atoms with Gasteiger partial charge in [-0.15, -0.1) is 0 Å². The molecule has 0 saturated heterocycles. The monoisotopic (exact) mass is 351 g/mol. The molecule has 0 saturated carbocycles. The fraction of sp³-hybridized carbons (Fsp3) is 0.474. The van der Waals surface area contributed by atoms with Gasteiger partial charge in [0.15, 0.2) is 5.78 Å². The largest absolute Gasteiger partial charge is 0.382 e. The van der Waals surface area contributed by atoms with E-state index in [2.05, 4.69) is 17.2 Å². The summed E-state index contributed by atoms with van der Waals surface area (Å²) in [7, 11) is 0. The van der Waals surface area contributed by atoms with Crippen LogP contribution in [-0.2, 0) is 4.79 Å². The van der Waals surface area contributed by atoms with Crippen LogP contribution < -0.4 is 5.32 Å². The highest BCUT2D eigenvalue weighted by molar-refractivity contribution is 5.98. The second-order valence-electron chi connectivity index (χ2n) is 7.12. The Morgan fingerprint density at radius 1 is 1.12 bits per heavy atom. The van der Waals surface area contributed by atoms with E-state index in [1.807, 2.05) is 20.8 Å². The zero-order valence-corrected chi connectivity index (χ0v) is 15.0. The maximum absolute atomic E-state index is 12.9. The molecule has 0 unspecified atom stereocenters. The second-order valence-corrected chi connectivity index (χ2v) is 7.12. The fourth-order valence-corrected chi connectivity index (χ4v) is 1.96. The number of benzene rings is 1. The third-order valence-electron chi connectivity index (χ3n) is 3.44. The summed E-state index contributed by atoms with van der Waals surface area (Å²) < 4.78 is 25.9. The lowest BCUT2D eigenvalue weighted by Crippen LogP contribution is -2.58. The van der Waals surface area contributed by atoms with Crippen LogP contribution in [0.2, 0.25) is 0 Å². The maximum atomic E-state index is 12.9. The van der Waals surface area contributed by atoms with Crippen LogP contribution in [0.5, 0.6) is 0 Å². The molecule has 6 heteroatoms. The van der Waals surface area contributed by atoms with E-state index < -0.39 is 29.8 Å². The van der Waals surface area contributed by atoms with E-state index >= 15 is 0 Å². The summed E-state index contributed by atoms with van der Waals surface area (Å²) >= 11 is 0. The Bertz CT molecular complexity index is 692. The lowest BCUT2D eigenvalue weighted by atomic mass is 9.93. The molecule has 0 aliphatic carbocycles. The standard InChI is InChI=1S/C19H23F2NO3/c1-12(23)15(19(5,25)17(20)21)22-16(24)14-8-6-13(7-9-14)10-11-18(2,3)4/h6-9,15,17,25H,1-5H3,(H,22,24)/t15-,19+/m1/s1. The van der Waals surface area contributed by atoms with E-state index in [4.69, 9.17) is 0 Å². The number of rotatable bonds is 5. The summed E-state index contributed by atoms with van der Waals surface area (Å²) in [5.41, 5.74) is -1.93. The van der Waals surface area contributed by atoms with Crippen LogP contribution in [0.4, 0.5) is 8.78 Å². The molecule has 0 heterocycles. The van der Waals surface area contributed by atoms with E-state index in [-0.39, 0.29) is 11.0 Å². The van der Waals surface area contributed by atoms with Gasteiger partial charge >= 0.3 is 0 Å². The number of alkyl halides is 2. The van der Waals surface area contributed by atoms with Crippen molar-refractivity contribution in [2.75, 3.05) is 0 Å². The number of nitrogens with one attached hydrogen (secondary N) is 1. The second kappa shape index (κ2) is 7.75. The minimum Gasteiger partial charge on any atom is -0.382 e. The predicted molar refractivity (Wildman–Crippen MR) is 91.3 cm³/mol. The summed E-state index contributed by atoms with van der Waals surface area (Å²) in [5, 5.41) is 12.0. The number of hydrogen-bond acceptors (Lipinski definition) is 3. The number of aliphatic hydroxyl groups is 1. The number of carbonyl (C=O) groups excluding carboxylic acids is 2. The van der Waals surface area contributed by atoms with E-state index in [0.717, 1.165) is 13.8 Å². The Balaban J connectivity index is 2.96. The molecule has 2 atom stereocenters. The first-order valence-corrected chi connectivity index (χ1v) is 7.79. The van der Waals surface area contributed by atoms with Gasteiger partial charge in [-0.25, -0.2) is 8.78 Å². The highest BCUT2D eigenvalue weighted by Gasteiger charge is 2.44. The molecule has 1 aromatic rings. The number of hydrogen-bond donors (Lipinski definition) is 2. The summed E-state index contributed by atoms with van der Waals surface area (Å²) in [6, 6.07) is 4.51. The average Bonchev–Trinajstić information content (AvgIpc) is 2.49. The van der Waals surface area contributed by atoms with E-state index in [1.165, 1.54) is 12.1 Å². The quantitative estimate of drug-likeness (QED) is 0.802. The molecule has 4 nitrogen and oxygen atoms in total. The molecule has 0 bridgehead atoms. The van der Waals surface area contributed by atoms with Gasteiger partial charge in [0, 0.05) is 16.5 Å². The molecular formula is C19H23F2NO3. The first kappa shape index (κ1) is 20.8. The third kappa shape index (κ3) is 5.95. The molecule has 0 fully saturated rings. The van der Waals surface area contributed by atoms with Gasteiger partial charge in [-0.2, -0.15) is 0 Å². The lowest BCUT2D eigenvalue weighted by Gasteiger charge is -2.30. The van der Waals surface area contributed by atoms with Crippen LogP contribution in [0.15, 0.2) is 24.3 Å². The summed E-state index contributed by atoms with van der Waals surface area (Å²) in [6.45, 7) is 7.76. The zero-order valence-electron chi connectivity index (χ0n) is 15.0. The van der Waals surface area contributed by atoms with Crippen LogP contribution in [-0.4, -0.2) is 34.9 Å². The van der Waals surface area contributed by atoms with Crippen molar-refractivity contribution < 1.29 is 23.5 Å². The number of halogens is 2. The molecule has 0 radical (unpaired) electrons. The SMILES string of the molecule is CC(=O)[C@@H](NC(=O)c1ccc(C#CC(C)(C)C)cc1)[C@](C)(O)C(F)F.